The maximum Gasteiger partial charge on any atom is 0.304 e. The molecule has 72 valence electrons. The van der Waals surface area contributed by atoms with E-state index in [1.807, 2.05) is 13.8 Å². The second-order valence-electron chi connectivity index (χ2n) is 2.58. The Morgan fingerprint density at radius 1 is 1.33 bits per heavy atom. The lowest BCUT2D eigenvalue weighted by atomic mass is 10.5. The van der Waals surface area contributed by atoms with Crippen LogP contribution in [0.3, 0.4) is 0 Å². The average Bonchev–Trinajstić information content (AvgIpc) is 1.95. The molecule has 0 radical (unpaired) electrons. The van der Waals surface area contributed by atoms with Crippen molar-refractivity contribution in [2.75, 3.05) is 20.0 Å². The monoisotopic (exact) mass is 176 g/mol. The SMILES string of the molecule is CC(=O)OCOCCOC(C)C. The lowest BCUT2D eigenvalue weighted by Gasteiger charge is -2.07. The highest BCUT2D eigenvalue weighted by molar-refractivity contribution is 5.65. The highest BCUT2D eigenvalue weighted by Crippen LogP contribution is 1.87. The molecule has 0 aromatic heterocycles. The molecule has 0 unspecified atom stereocenters. The smallest absolute Gasteiger partial charge is 0.304 e. The minimum absolute atomic E-state index is 0.0107. The van der Waals surface area contributed by atoms with Crippen LogP contribution < -0.4 is 0 Å². The van der Waals surface area contributed by atoms with E-state index in [1.165, 1.54) is 6.92 Å². The summed E-state index contributed by atoms with van der Waals surface area (Å²) < 4.78 is 14.6. The predicted molar refractivity (Wildman–Crippen MR) is 43.7 cm³/mol. The summed E-state index contributed by atoms with van der Waals surface area (Å²) in [7, 11) is 0. The van der Waals surface area contributed by atoms with Crippen LogP contribution >= 0.6 is 0 Å². The Balaban J connectivity index is 2.96. The Kier molecular flexibility index (Phi) is 6.70. The van der Waals surface area contributed by atoms with E-state index >= 15 is 0 Å². The van der Waals surface area contributed by atoms with E-state index in [0.717, 1.165) is 0 Å². The quantitative estimate of drug-likeness (QED) is 0.343. The molecule has 0 saturated heterocycles. The average molecular weight is 176 g/mol. The van der Waals surface area contributed by atoms with Gasteiger partial charge in [0, 0.05) is 6.92 Å². The molecule has 0 bridgehead atoms. The molecular formula is C8H16O4. The zero-order valence-corrected chi connectivity index (χ0v) is 7.83. The van der Waals surface area contributed by atoms with Crippen molar-refractivity contribution in [2.45, 2.75) is 26.9 Å². The van der Waals surface area contributed by atoms with Gasteiger partial charge in [-0.1, -0.05) is 0 Å². The molecule has 0 amide bonds. The molecule has 4 nitrogen and oxygen atoms in total. The largest absolute Gasteiger partial charge is 0.439 e. The topological polar surface area (TPSA) is 44.8 Å². The summed E-state index contributed by atoms with van der Waals surface area (Å²) in [5.74, 6) is -0.334. The highest BCUT2D eigenvalue weighted by Gasteiger charge is 1.94. The van der Waals surface area contributed by atoms with Gasteiger partial charge < -0.3 is 14.2 Å². The van der Waals surface area contributed by atoms with Gasteiger partial charge in [-0.3, -0.25) is 4.79 Å². The molecule has 4 heteroatoms. The number of ether oxygens (including phenoxy) is 3. The zero-order valence-electron chi connectivity index (χ0n) is 7.83. The van der Waals surface area contributed by atoms with Crippen molar-refractivity contribution >= 4 is 5.97 Å². The minimum atomic E-state index is -0.334. The molecule has 0 aromatic rings. The molecule has 0 aromatic carbocycles. The molecule has 0 fully saturated rings. The zero-order chi connectivity index (χ0) is 9.40. The fourth-order valence-corrected chi connectivity index (χ4v) is 0.526. The van der Waals surface area contributed by atoms with Gasteiger partial charge in [-0.15, -0.1) is 0 Å². The van der Waals surface area contributed by atoms with Crippen LogP contribution in [0.5, 0.6) is 0 Å². The van der Waals surface area contributed by atoms with Crippen LogP contribution in [0.2, 0.25) is 0 Å². The van der Waals surface area contributed by atoms with Crippen molar-refractivity contribution in [1.29, 1.82) is 0 Å². The Morgan fingerprint density at radius 3 is 2.50 bits per heavy atom. The van der Waals surface area contributed by atoms with Crippen molar-refractivity contribution in [1.82, 2.24) is 0 Å². The predicted octanol–water partition coefficient (Wildman–Crippen LogP) is 0.949. The summed E-state index contributed by atoms with van der Waals surface area (Å²) in [6, 6.07) is 0. The number of carbonyl (C=O) groups excluding carboxylic acids is 1. The molecule has 0 saturated carbocycles. The highest BCUT2D eigenvalue weighted by atomic mass is 16.7. The molecule has 0 spiro atoms. The maximum atomic E-state index is 10.3. The summed E-state index contributed by atoms with van der Waals surface area (Å²) in [5.41, 5.74) is 0. The van der Waals surface area contributed by atoms with E-state index in [9.17, 15) is 4.79 Å². The fourth-order valence-electron chi connectivity index (χ4n) is 0.526. The Bertz CT molecular complexity index is 122. The summed E-state index contributed by atoms with van der Waals surface area (Å²) in [6.45, 7) is 6.23. The summed E-state index contributed by atoms with van der Waals surface area (Å²) in [6.07, 6.45) is 0.210. The van der Waals surface area contributed by atoms with E-state index in [4.69, 9.17) is 9.47 Å². The number of esters is 1. The van der Waals surface area contributed by atoms with Gasteiger partial charge in [0.15, 0.2) is 6.79 Å². The second-order valence-corrected chi connectivity index (χ2v) is 2.58. The Labute approximate surface area is 72.8 Å². The van der Waals surface area contributed by atoms with Gasteiger partial charge in [0.2, 0.25) is 0 Å². The van der Waals surface area contributed by atoms with Gasteiger partial charge in [0.05, 0.1) is 19.3 Å². The lowest BCUT2D eigenvalue weighted by Crippen LogP contribution is -2.12. The third-order valence-corrected chi connectivity index (χ3v) is 1.02. The molecule has 0 rings (SSSR count). The van der Waals surface area contributed by atoms with Gasteiger partial charge in [0.25, 0.3) is 0 Å². The summed E-state index contributed by atoms with van der Waals surface area (Å²) in [4.78, 5) is 10.3. The van der Waals surface area contributed by atoms with Crippen LogP contribution in [0.15, 0.2) is 0 Å². The molecule has 0 aliphatic heterocycles. The standard InChI is InChI=1S/C8H16O4/c1-7(2)11-5-4-10-6-12-8(3)9/h7H,4-6H2,1-3H3. The first-order chi connectivity index (χ1) is 5.63. The lowest BCUT2D eigenvalue weighted by molar-refractivity contribution is -0.155. The first-order valence-corrected chi connectivity index (χ1v) is 3.95. The molecule has 12 heavy (non-hydrogen) atoms. The van der Waals surface area contributed by atoms with Gasteiger partial charge in [-0.2, -0.15) is 0 Å². The molecule has 0 heterocycles. The van der Waals surface area contributed by atoms with Crippen molar-refractivity contribution in [3.8, 4) is 0 Å². The molecule has 0 atom stereocenters. The van der Waals surface area contributed by atoms with Crippen LogP contribution in [-0.2, 0) is 19.0 Å². The van der Waals surface area contributed by atoms with E-state index in [0.29, 0.717) is 13.2 Å². The van der Waals surface area contributed by atoms with Gasteiger partial charge >= 0.3 is 5.97 Å². The molecule has 0 N–H and O–H groups in total. The van der Waals surface area contributed by atoms with Crippen LogP contribution in [0.1, 0.15) is 20.8 Å². The van der Waals surface area contributed by atoms with Crippen molar-refractivity contribution < 1.29 is 19.0 Å². The van der Waals surface area contributed by atoms with Crippen LogP contribution in [-0.4, -0.2) is 32.1 Å². The summed E-state index contributed by atoms with van der Waals surface area (Å²) in [5, 5.41) is 0. The van der Waals surface area contributed by atoms with Crippen molar-refractivity contribution in [2.24, 2.45) is 0 Å². The fraction of sp³-hybridized carbons (Fsp3) is 0.875. The number of hydrogen-bond acceptors (Lipinski definition) is 4. The van der Waals surface area contributed by atoms with E-state index in [1.54, 1.807) is 0 Å². The first kappa shape index (κ1) is 11.4. The van der Waals surface area contributed by atoms with Crippen LogP contribution in [0, 0.1) is 0 Å². The Hall–Kier alpha value is -0.610. The molecular weight excluding hydrogens is 160 g/mol. The van der Waals surface area contributed by atoms with Crippen molar-refractivity contribution in [3.05, 3.63) is 0 Å². The van der Waals surface area contributed by atoms with Gasteiger partial charge in [-0.25, -0.2) is 0 Å². The van der Waals surface area contributed by atoms with Crippen LogP contribution in [0.4, 0.5) is 0 Å². The van der Waals surface area contributed by atoms with Gasteiger partial charge in [-0.05, 0) is 13.8 Å². The van der Waals surface area contributed by atoms with E-state index in [2.05, 4.69) is 4.74 Å². The number of rotatable bonds is 6. The third-order valence-electron chi connectivity index (χ3n) is 1.02. The second kappa shape index (κ2) is 7.06. The van der Waals surface area contributed by atoms with E-state index < -0.39 is 0 Å². The van der Waals surface area contributed by atoms with E-state index in [-0.39, 0.29) is 18.9 Å². The number of carbonyl (C=O) groups is 1. The Morgan fingerprint density at radius 2 is 2.00 bits per heavy atom. The maximum absolute atomic E-state index is 10.3. The van der Waals surface area contributed by atoms with Crippen LogP contribution in [0.25, 0.3) is 0 Å². The molecule has 0 aliphatic carbocycles. The minimum Gasteiger partial charge on any atom is -0.439 e. The normalized spacial score (nSPS) is 10.3. The first-order valence-electron chi connectivity index (χ1n) is 3.95. The molecule has 0 aliphatic rings. The van der Waals surface area contributed by atoms with Gasteiger partial charge in [0.1, 0.15) is 0 Å². The summed E-state index contributed by atoms with van der Waals surface area (Å²) >= 11 is 0. The number of hydrogen-bond donors (Lipinski definition) is 0. The van der Waals surface area contributed by atoms with Crippen molar-refractivity contribution in [3.63, 3.8) is 0 Å². The third kappa shape index (κ3) is 9.39.